The summed E-state index contributed by atoms with van der Waals surface area (Å²) in [6.45, 7) is 2.41. The Bertz CT molecular complexity index is 398. The standard InChI is InChI=1S/C13H18FNO3/c1-10(13(17)18)8-15(6-7-16)9-11-4-2-3-5-12(11)14/h2-5,10,16H,6-9H2,1H3,(H,17,18). The van der Waals surface area contributed by atoms with Gasteiger partial charge in [-0.2, -0.15) is 0 Å². The quantitative estimate of drug-likeness (QED) is 0.772. The summed E-state index contributed by atoms with van der Waals surface area (Å²) >= 11 is 0. The maximum Gasteiger partial charge on any atom is 0.307 e. The SMILES string of the molecule is CC(CN(CCO)Cc1ccccc1F)C(=O)O. The van der Waals surface area contributed by atoms with Gasteiger partial charge in [0.05, 0.1) is 12.5 Å². The molecular weight excluding hydrogens is 237 g/mol. The Kier molecular flexibility index (Phi) is 5.74. The molecule has 2 N–H and O–H groups in total. The third-order valence-electron chi connectivity index (χ3n) is 2.72. The van der Waals surface area contributed by atoms with Crippen molar-refractivity contribution in [2.24, 2.45) is 5.92 Å². The predicted octanol–water partition coefficient (Wildman–Crippen LogP) is 1.34. The van der Waals surface area contributed by atoms with Crippen LogP contribution >= 0.6 is 0 Å². The normalized spacial score (nSPS) is 12.7. The van der Waals surface area contributed by atoms with E-state index in [0.717, 1.165) is 0 Å². The van der Waals surface area contributed by atoms with Crippen LogP contribution in [-0.2, 0) is 11.3 Å². The lowest BCUT2D eigenvalue weighted by atomic mass is 10.1. The maximum absolute atomic E-state index is 13.5. The first-order valence-electron chi connectivity index (χ1n) is 5.84. The first-order chi connectivity index (χ1) is 8.54. The molecular formula is C13H18FNO3. The molecule has 1 aromatic carbocycles. The molecule has 0 aliphatic heterocycles. The minimum absolute atomic E-state index is 0.0825. The predicted molar refractivity (Wildman–Crippen MR) is 65.6 cm³/mol. The molecule has 0 saturated heterocycles. The van der Waals surface area contributed by atoms with E-state index in [2.05, 4.69) is 0 Å². The number of aliphatic hydroxyl groups is 1. The molecule has 5 heteroatoms. The number of halogens is 1. The Hall–Kier alpha value is -1.46. The number of carboxylic acid groups (broad SMARTS) is 1. The number of nitrogens with zero attached hydrogens (tertiary/aromatic N) is 1. The maximum atomic E-state index is 13.5. The average Bonchev–Trinajstić information content (AvgIpc) is 2.32. The molecule has 4 nitrogen and oxygen atoms in total. The fourth-order valence-corrected chi connectivity index (χ4v) is 1.71. The molecule has 1 unspecified atom stereocenters. The van der Waals surface area contributed by atoms with Crippen LogP contribution in [-0.4, -0.2) is 40.8 Å². The van der Waals surface area contributed by atoms with Crippen LogP contribution in [0.2, 0.25) is 0 Å². The van der Waals surface area contributed by atoms with Gasteiger partial charge in [0, 0.05) is 25.2 Å². The van der Waals surface area contributed by atoms with Crippen molar-refractivity contribution in [1.82, 2.24) is 4.90 Å². The largest absolute Gasteiger partial charge is 0.481 e. The van der Waals surface area contributed by atoms with E-state index in [1.54, 1.807) is 30.0 Å². The Morgan fingerprint density at radius 1 is 1.44 bits per heavy atom. The zero-order chi connectivity index (χ0) is 13.5. The highest BCUT2D eigenvalue weighted by molar-refractivity contribution is 5.69. The summed E-state index contributed by atoms with van der Waals surface area (Å²) in [7, 11) is 0. The van der Waals surface area contributed by atoms with Gasteiger partial charge in [-0.05, 0) is 6.07 Å². The third-order valence-corrected chi connectivity index (χ3v) is 2.72. The molecule has 100 valence electrons. The molecule has 18 heavy (non-hydrogen) atoms. The smallest absolute Gasteiger partial charge is 0.307 e. The Balaban J connectivity index is 2.68. The summed E-state index contributed by atoms with van der Waals surface area (Å²) < 4.78 is 13.5. The Morgan fingerprint density at radius 3 is 2.67 bits per heavy atom. The van der Waals surface area contributed by atoms with E-state index >= 15 is 0 Å². The molecule has 0 heterocycles. The van der Waals surface area contributed by atoms with Crippen LogP contribution < -0.4 is 0 Å². The van der Waals surface area contributed by atoms with Gasteiger partial charge in [-0.25, -0.2) is 4.39 Å². The minimum atomic E-state index is -0.897. The van der Waals surface area contributed by atoms with E-state index in [0.29, 0.717) is 18.7 Å². The number of aliphatic hydroxyl groups excluding tert-OH is 1. The fraction of sp³-hybridized carbons (Fsp3) is 0.462. The van der Waals surface area contributed by atoms with Gasteiger partial charge in [0.1, 0.15) is 5.82 Å². The van der Waals surface area contributed by atoms with Crippen LogP contribution in [0.4, 0.5) is 4.39 Å². The van der Waals surface area contributed by atoms with Gasteiger partial charge in [0.25, 0.3) is 0 Å². The highest BCUT2D eigenvalue weighted by Crippen LogP contribution is 2.11. The first kappa shape index (κ1) is 14.6. The zero-order valence-electron chi connectivity index (χ0n) is 10.3. The number of hydrogen-bond acceptors (Lipinski definition) is 3. The van der Waals surface area contributed by atoms with E-state index in [1.165, 1.54) is 6.07 Å². The Morgan fingerprint density at radius 2 is 2.11 bits per heavy atom. The van der Waals surface area contributed by atoms with Gasteiger partial charge in [-0.15, -0.1) is 0 Å². The number of aliphatic carboxylic acids is 1. The van der Waals surface area contributed by atoms with E-state index in [-0.39, 0.29) is 19.0 Å². The van der Waals surface area contributed by atoms with Crippen LogP contribution in [0.5, 0.6) is 0 Å². The average molecular weight is 255 g/mol. The van der Waals surface area contributed by atoms with Gasteiger partial charge in [-0.3, -0.25) is 9.69 Å². The summed E-state index contributed by atoms with van der Waals surface area (Å²) in [5.41, 5.74) is 0.503. The third kappa shape index (κ3) is 4.43. The van der Waals surface area contributed by atoms with Crippen molar-refractivity contribution in [3.05, 3.63) is 35.6 Å². The molecule has 1 aromatic rings. The summed E-state index contributed by atoms with van der Waals surface area (Å²) in [6, 6.07) is 6.36. The van der Waals surface area contributed by atoms with E-state index in [4.69, 9.17) is 10.2 Å². The van der Waals surface area contributed by atoms with E-state index in [1.807, 2.05) is 0 Å². The molecule has 0 aromatic heterocycles. The van der Waals surface area contributed by atoms with Crippen molar-refractivity contribution >= 4 is 5.97 Å². The highest BCUT2D eigenvalue weighted by Gasteiger charge is 2.17. The lowest BCUT2D eigenvalue weighted by molar-refractivity contribution is -0.141. The molecule has 1 rings (SSSR count). The lowest BCUT2D eigenvalue weighted by Crippen LogP contribution is -2.33. The molecule has 0 bridgehead atoms. The van der Waals surface area contributed by atoms with Gasteiger partial charge in [0.15, 0.2) is 0 Å². The van der Waals surface area contributed by atoms with Gasteiger partial charge >= 0.3 is 5.97 Å². The summed E-state index contributed by atoms with van der Waals surface area (Å²) in [5, 5.41) is 17.8. The lowest BCUT2D eigenvalue weighted by Gasteiger charge is -2.23. The Labute approximate surface area is 106 Å². The monoisotopic (exact) mass is 255 g/mol. The second kappa shape index (κ2) is 7.08. The molecule has 1 atom stereocenters. The van der Waals surface area contributed by atoms with Crippen molar-refractivity contribution in [3.63, 3.8) is 0 Å². The topological polar surface area (TPSA) is 60.8 Å². The van der Waals surface area contributed by atoms with Crippen molar-refractivity contribution < 1.29 is 19.4 Å². The van der Waals surface area contributed by atoms with Gasteiger partial charge in [-0.1, -0.05) is 25.1 Å². The van der Waals surface area contributed by atoms with Crippen LogP contribution in [0.3, 0.4) is 0 Å². The van der Waals surface area contributed by atoms with Crippen LogP contribution in [0.15, 0.2) is 24.3 Å². The summed E-state index contributed by atoms with van der Waals surface area (Å²) in [4.78, 5) is 12.5. The minimum Gasteiger partial charge on any atom is -0.481 e. The molecule has 0 aliphatic rings. The van der Waals surface area contributed by atoms with Crippen molar-refractivity contribution in [3.8, 4) is 0 Å². The van der Waals surface area contributed by atoms with Crippen LogP contribution in [0, 0.1) is 11.7 Å². The molecule has 0 aliphatic carbocycles. The number of carbonyl (C=O) groups is 1. The number of rotatable bonds is 7. The van der Waals surface area contributed by atoms with Gasteiger partial charge < -0.3 is 10.2 Å². The van der Waals surface area contributed by atoms with Gasteiger partial charge in [0.2, 0.25) is 0 Å². The molecule has 0 fully saturated rings. The first-order valence-corrected chi connectivity index (χ1v) is 5.84. The highest BCUT2D eigenvalue weighted by atomic mass is 19.1. The zero-order valence-corrected chi connectivity index (χ0v) is 10.3. The van der Waals surface area contributed by atoms with Crippen molar-refractivity contribution in [2.45, 2.75) is 13.5 Å². The van der Waals surface area contributed by atoms with Crippen molar-refractivity contribution in [2.75, 3.05) is 19.7 Å². The summed E-state index contributed by atoms with van der Waals surface area (Å²) in [5.74, 6) is -1.77. The van der Waals surface area contributed by atoms with Crippen molar-refractivity contribution in [1.29, 1.82) is 0 Å². The molecule has 0 spiro atoms. The second-order valence-electron chi connectivity index (χ2n) is 4.29. The van der Waals surface area contributed by atoms with E-state index in [9.17, 15) is 9.18 Å². The molecule has 0 saturated carbocycles. The number of carboxylic acids is 1. The van der Waals surface area contributed by atoms with Crippen LogP contribution in [0.1, 0.15) is 12.5 Å². The summed E-state index contributed by atoms with van der Waals surface area (Å²) in [6.07, 6.45) is 0. The molecule has 0 radical (unpaired) electrons. The fourth-order valence-electron chi connectivity index (χ4n) is 1.71. The van der Waals surface area contributed by atoms with Crippen LogP contribution in [0.25, 0.3) is 0 Å². The number of benzene rings is 1. The molecule has 0 amide bonds. The van der Waals surface area contributed by atoms with E-state index < -0.39 is 11.9 Å². The number of hydrogen-bond donors (Lipinski definition) is 2. The second-order valence-corrected chi connectivity index (χ2v) is 4.29.